The van der Waals surface area contributed by atoms with E-state index in [0.29, 0.717) is 12.0 Å². The van der Waals surface area contributed by atoms with Crippen LogP contribution in [0.4, 0.5) is 9.18 Å². The monoisotopic (exact) mass is 387 g/mol. The fraction of sp³-hybridized carbons (Fsp3) is 0.364. The number of rotatable bonds is 7. The van der Waals surface area contributed by atoms with Crippen LogP contribution in [0.25, 0.3) is 0 Å². The van der Waals surface area contributed by atoms with Crippen LogP contribution in [0.1, 0.15) is 38.8 Å². The Bertz CT molecular complexity index is 799. The van der Waals surface area contributed by atoms with E-state index in [9.17, 15) is 14.0 Å². The van der Waals surface area contributed by atoms with E-state index in [1.54, 1.807) is 52.0 Å². The predicted molar refractivity (Wildman–Crippen MR) is 104 cm³/mol. The van der Waals surface area contributed by atoms with Crippen molar-refractivity contribution in [3.63, 3.8) is 0 Å². The molecule has 0 aromatic heterocycles. The molecule has 2 aromatic rings. The lowest BCUT2D eigenvalue weighted by Crippen LogP contribution is -2.42. The summed E-state index contributed by atoms with van der Waals surface area (Å²) in [7, 11) is 0. The Labute approximate surface area is 165 Å². The van der Waals surface area contributed by atoms with Crippen molar-refractivity contribution in [1.82, 2.24) is 4.90 Å². The molecule has 2 aromatic carbocycles. The van der Waals surface area contributed by atoms with Gasteiger partial charge in [0, 0.05) is 6.54 Å². The molecular weight excluding hydrogens is 361 g/mol. The number of benzene rings is 2. The third kappa shape index (κ3) is 6.68. The van der Waals surface area contributed by atoms with Gasteiger partial charge in [0.1, 0.15) is 30.1 Å². The molecule has 0 saturated heterocycles. The quantitative estimate of drug-likeness (QED) is 0.645. The van der Waals surface area contributed by atoms with Crippen molar-refractivity contribution >= 4 is 12.4 Å². The number of carbonyl (C=O) groups is 2. The highest BCUT2D eigenvalue weighted by molar-refractivity contribution is 5.73. The number of halogens is 1. The van der Waals surface area contributed by atoms with Crippen molar-refractivity contribution in [1.29, 1.82) is 0 Å². The first-order chi connectivity index (χ1) is 13.2. The summed E-state index contributed by atoms with van der Waals surface area (Å²) in [5.74, 6) is 0.322. The van der Waals surface area contributed by atoms with Gasteiger partial charge in [-0.05, 0) is 63.1 Å². The minimum atomic E-state index is -0.646. The van der Waals surface area contributed by atoms with Crippen molar-refractivity contribution in [2.45, 2.75) is 52.5 Å². The van der Waals surface area contributed by atoms with Gasteiger partial charge in [-0.3, -0.25) is 4.90 Å². The Morgan fingerprint density at radius 2 is 1.82 bits per heavy atom. The molecule has 0 fully saturated rings. The Balaban J connectivity index is 2.01. The average molecular weight is 387 g/mol. The largest absolute Gasteiger partial charge is 0.489 e. The molecule has 5 nitrogen and oxygen atoms in total. The molecule has 2 rings (SSSR count). The average Bonchev–Trinajstić information content (AvgIpc) is 2.63. The van der Waals surface area contributed by atoms with E-state index in [4.69, 9.17) is 9.47 Å². The van der Waals surface area contributed by atoms with E-state index in [1.165, 1.54) is 17.0 Å². The Morgan fingerprint density at radius 1 is 1.14 bits per heavy atom. The normalized spacial score (nSPS) is 12.2. The van der Waals surface area contributed by atoms with Gasteiger partial charge in [0.25, 0.3) is 0 Å². The number of hydrogen-bond donors (Lipinski definition) is 0. The van der Waals surface area contributed by atoms with E-state index in [2.05, 4.69) is 0 Å². The zero-order valence-corrected chi connectivity index (χ0v) is 16.6. The molecule has 150 valence electrons. The molecule has 0 radical (unpaired) electrons. The summed E-state index contributed by atoms with van der Waals surface area (Å²) in [6.07, 6.45) is 0.166. The Kier molecular flexibility index (Phi) is 7.15. The van der Waals surface area contributed by atoms with E-state index in [-0.39, 0.29) is 19.0 Å². The number of ether oxygens (including phenoxy) is 2. The van der Waals surface area contributed by atoms with E-state index in [0.717, 1.165) is 11.1 Å². The van der Waals surface area contributed by atoms with Crippen molar-refractivity contribution in [2.24, 2.45) is 0 Å². The summed E-state index contributed by atoms with van der Waals surface area (Å²) < 4.78 is 24.3. The standard InChI is InChI=1S/C22H26FNO4/c1-16(14-25)24(21(26)28-22(2,3)4)13-17-8-10-20(11-9-17)27-15-18-6-5-7-19(23)12-18/h5-12,14,16H,13,15H2,1-4H3/t16-/m0/s1. The second kappa shape index (κ2) is 9.35. The van der Waals surface area contributed by atoms with Crippen LogP contribution in [-0.4, -0.2) is 28.9 Å². The molecule has 0 heterocycles. The van der Waals surface area contributed by atoms with Crippen LogP contribution in [-0.2, 0) is 22.7 Å². The van der Waals surface area contributed by atoms with E-state index in [1.807, 2.05) is 12.1 Å². The summed E-state index contributed by atoms with van der Waals surface area (Å²) in [6, 6.07) is 12.8. The molecule has 6 heteroatoms. The summed E-state index contributed by atoms with van der Waals surface area (Å²) >= 11 is 0. The first-order valence-corrected chi connectivity index (χ1v) is 9.09. The summed E-state index contributed by atoms with van der Waals surface area (Å²) in [6.45, 7) is 7.47. The molecule has 0 aliphatic carbocycles. The molecule has 0 aliphatic rings. The molecule has 28 heavy (non-hydrogen) atoms. The fourth-order valence-corrected chi connectivity index (χ4v) is 2.45. The van der Waals surface area contributed by atoms with Gasteiger partial charge in [-0.15, -0.1) is 0 Å². The maximum atomic E-state index is 13.2. The maximum absolute atomic E-state index is 13.2. The lowest BCUT2D eigenvalue weighted by atomic mass is 10.1. The molecule has 0 unspecified atom stereocenters. The number of carbonyl (C=O) groups excluding carboxylic acids is 2. The summed E-state index contributed by atoms with van der Waals surface area (Å²) in [4.78, 5) is 25.0. The van der Waals surface area contributed by atoms with Gasteiger partial charge in [0.15, 0.2) is 0 Å². The summed E-state index contributed by atoms with van der Waals surface area (Å²) in [5.41, 5.74) is 0.921. The molecule has 0 saturated carbocycles. The zero-order valence-electron chi connectivity index (χ0n) is 16.6. The van der Waals surface area contributed by atoms with Gasteiger partial charge in [-0.2, -0.15) is 0 Å². The van der Waals surface area contributed by atoms with Crippen LogP contribution < -0.4 is 4.74 Å². The van der Waals surface area contributed by atoms with Crippen molar-refractivity contribution in [3.8, 4) is 5.75 Å². The van der Waals surface area contributed by atoms with Gasteiger partial charge in [0.2, 0.25) is 0 Å². The highest BCUT2D eigenvalue weighted by atomic mass is 19.1. The second-order valence-corrected chi connectivity index (χ2v) is 7.55. The van der Waals surface area contributed by atoms with Crippen molar-refractivity contribution in [2.75, 3.05) is 0 Å². The van der Waals surface area contributed by atoms with Crippen molar-refractivity contribution < 1.29 is 23.5 Å². The van der Waals surface area contributed by atoms with Crippen LogP contribution in [0.3, 0.4) is 0 Å². The Morgan fingerprint density at radius 3 is 2.39 bits per heavy atom. The van der Waals surface area contributed by atoms with Crippen molar-refractivity contribution in [3.05, 3.63) is 65.5 Å². The molecule has 0 aliphatic heterocycles. The lowest BCUT2D eigenvalue weighted by Gasteiger charge is -2.29. The lowest BCUT2D eigenvalue weighted by molar-refractivity contribution is -0.112. The predicted octanol–water partition coefficient (Wildman–Crippen LogP) is 4.73. The molecule has 0 bridgehead atoms. The van der Waals surface area contributed by atoms with Crippen LogP contribution >= 0.6 is 0 Å². The molecular formula is C22H26FNO4. The molecule has 0 N–H and O–H groups in total. The zero-order chi connectivity index (χ0) is 20.7. The van der Waals surface area contributed by atoms with Gasteiger partial charge in [0.05, 0.1) is 6.04 Å². The number of hydrogen-bond acceptors (Lipinski definition) is 4. The molecule has 1 atom stereocenters. The minimum Gasteiger partial charge on any atom is -0.489 e. The van der Waals surface area contributed by atoms with Gasteiger partial charge in [-0.1, -0.05) is 24.3 Å². The van der Waals surface area contributed by atoms with Gasteiger partial charge in [-0.25, -0.2) is 9.18 Å². The molecule has 1 amide bonds. The topological polar surface area (TPSA) is 55.8 Å². The maximum Gasteiger partial charge on any atom is 0.411 e. The fourth-order valence-electron chi connectivity index (χ4n) is 2.45. The van der Waals surface area contributed by atoms with Crippen LogP contribution in [0.2, 0.25) is 0 Å². The van der Waals surface area contributed by atoms with Crippen LogP contribution in [0.5, 0.6) is 5.75 Å². The van der Waals surface area contributed by atoms with E-state index >= 15 is 0 Å². The minimum absolute atomic E-state index is 0.235. The smallest absolute Gasteiger partial charge is 0.411 e. The third-order valence-corrected chi connectivity index (χ3v) is 3.89. The number of amides is 1. The van der Waals surface area contributed by atoms with Gasteiger partial charge < -0.3 is 14.3 Å². The second-order valence-electron chi connectivity index (χ2n) is 7.55. The highest BCUT2D eigenvalue weighted by Crippen LogP contribution is 2.18. The summed E-state index contributed by atoms with van der Waals surface area (Å²) in [5, 5.41) is 0. The Hall–Kier alpha value is -2.89. The van der Waals surface area contributed by atoms with Gasteiger partial charge >= 0.3 is 6.09 Å². The van der Waals surface area contributed by atoms with Crippen LogP contribution in [0.15, 0.2) is 48.5 Å². The first kappa shape index (κ1) is 21.4. The molecule has 0 spiro atoms. The van der Waals surface area contributed by atoms with Crippen LogP contribution in [0, 0.1) is 5.82 Å². The highest BCUT2D eigenvalue weighted by Gasteiger charge is 2.26. The number of aldehydes is 1. The SMILES string of the molecule is C[C@@H](C=O)N(Cc1ccc(OCc2cccc(F)c2)cc1)C(=O)OC(C)(C)C. The van der Waals surface area contributed by atoms with E-state index < -0.39 is 17.7 Å². The number of nitrogens with zero attached hydrogens (tertiary/aromatic N) is 1. The first-order valence-electron chi connectivity index (χ1n) is 9.09. The third-order valence-electron chi connectivity index (χ3n) is 3.89.